The fraction of sp³-hybridized carbons (Fsp3) is 0.562. The lowest BCUT2D eigenvalue weighted by Gasteiger charge is -2.16. The predicted molar refractivity (Wildman–Crippen MR) is 81.7 cm³/mol. The van der Waals surface area contributed by atoms with E-state index in [0.29, 0.717) is 24.7 Å². The molecular formula is C16H25NO4. The summed E-state index contributed by atoms with van der Waals surface area (Å²) in [6.45, 7) is 9.49. The van der Waals surface area contributed by atoms with Crippen LogP contribution in [0.4, 0.5) is 0 Å². The first-order valence-corrected chi connectivity index (χ1v) is 7.36. The summed E-state index contributed by atoms with van der Waals surface area (Å²) in [7, 11) is 0. The Balaban J connectivity index is 2.81. The Labute approximate surface area is 126 Å². The van der Waals surface area contributed by atoms with Crippen molar-refractivity contribution in [1.29, 1.82) is 0 Å². The smallest absolute Gasteiger partial charge is 0.344 e. The number of benzene rings is 1. The minimum Gasteiger partial charge on any atom is -0.490 e. The van der Waals surface area contributed by atoms with E-state index in [4.69, 9.17) is 14.2 Å². The standard InChI is InChI=1S/C16H25NO4/c1-5-17-10-13-8-7-9-14(19-6-2)16(13)20-11-15(18)21-12(3)4/h7-9,12,17H,5-6,10-11H2,1-4H3. The average molecular weight is 295 g/mol. The highest BCUT2D eigenvalue weighted by Gasteiger charge is 2.14. The molecule has 0 spiro atoms. The molecule has 0 atom stereocenters. The number of ether oxygens (including phenoxy) is 3. The second-order valence-electron chi connectivity index (χ2n) is 4.79. The molecule has 5 heteroatoms. The molecule has 0 aliphatic carbocycles. The van der Waals surface area contributed by atoms with Gasteiger partial charge in [0.05, 0.1) is 12.7 Å². The molecule has 0 aliphatic heterocycles. The number of esters is 1. The van der Waals surface area contributed by atoms with E-state index in [-0.39, 0.29) is 18.7 Å². The first-order chi connectivity index (χ1) is 10.1. The number of hydrogen-bond donors (Lipinski definition) is 1. The van der Waals surface area contributed by atoms with E-state index in [2.05, 4.69) is 5.32 Å². The number of hydrogen-bond acceptors (Lipinski definition) is 5. The summed E-state index contributed by atoms with van der Waals surface area (Å²) >= 11 is 0. The maximum atomic E-state index is 11.6. The van der Waals surface area contributed by atoms with Crippen LogP contribution < -0.4 is 14.8 Å². The topological polar surface area (TPSA) is 56.8 Å². The van der Waals surface area contributed by atoms with E-state index in [1.54, 1.807) is 0 Å². The third-order valence-electron chi connectivity index (χ3n) is 2.63. The summed E-state index contributed by atoms with van der Waals surface area (Å²) in [5, 5.41) is 3.24. The highest BCUT2D eigenvalue weighted by atomic mass is 16.6. The normalized spacial score (nSPS) is 10.5. The van der Waals surface area contributed by atoms with Gasteiger partial charge in [0.2, 0.25) is 0 Å². The van der Waals surface area contributed by atoms with Crippen LogP contribution in [0.25, 0.3) is 0 Å². The van der Waals surface area contributed by atoms with Gasteiger partial charge in [-0.25, -0.2) is 4.79 Å². The summed E-state index contributed by atoms with van der Waals surface area (Å²) in [6, 6.07) is 5.70. The van der Waals surface area contributed by atoms with Crippen LogP contribution in [-0.2, 0) is 16.1 Å². The van der Waals surface area contributed by atoms with Gasteiger partial charge in [0.25, 0.3) is 0 Å². The van der Waals surface area contributed by atoms with Gasteiger partial charge in [-0.1, -0.05) is 19.1 Å². The predicted octanol–water partition coefficient (Wildman–Crippen LogP) is 2.53. The van der Waals surface area contributed by atoms with Crippen molar-refractivity contribution in [3.63, 3.8) is 0 Å². The Morgan fingerprint density at radius 3 is 2.62 bits per heavy atom. The molecule has 1 aromatic carbocycles. The van der Waals surface area contributed by atoms with E-state index in [0.717, 1.165) is 12.1 Å². The Morgan fingerprint density at radius 1 is 1.24 bits per heavy atom. The SMILES string of the molecule is CCNCc1cccc(OCC)c1OCC(=O)OC(C)C. The molecule has 0 heterocycles. The molecule has 0 saturated heterocycles. The highest BCUT2D eigenvalue weighted by Crippen LogP contribution is 2.31. The van der Waals surface area contributed by atoms with Crippen molar-refractivity contribution in [2.24, 2.45) is 0 Å². The third-order valence-corrected chi connectivity index (χ3v) is 2.63. The lowest BCUT2D eigenvalue weighted by molar-refractivity contribution is -0.149. The van der Waals surface area contributed by atoms with Crippen LogP contribution in [0.1, 0.15) is 33.3 Å². The number of para-hydroxylation sites is 1. The molecule has 0 radical (unpaired) electrons. The molecule has 0 amide bonds. The Morgan fingerprint density at radius 2 is 2.00 bits per heavy atom. The van der Waals surface area contributed by atoms with Crippen molar-refractivity contribution >= 4 is 5.97 Å². The average Bonchev–Trinajstić information content (AvgIpc) is 2.43. The molecule has 0 unspecified atom stereocenters. The van der Waals surface area contributed by atoms with E-state index >= 15 is 0 Å². The molecule has 21 heavy (non-hydrogen) atoms. The second-order valence-corrected chi connectivity index (χ2v) is 4.79. The number of carbonyl (C=O) groups is 1. The van der Waals surface area contributed by atoms with E-state index in [1.807, 2.05) is 45.9 Å². The summed E-state index contributed by atoms with van der Waals surface area (Å²) in [5.41, 5.74) is 0.958. The maximum absolute atomic E-state index is 11.6. The van der Waals surface area contributed by atoms with Gasteiger partial charge in [0.15, 0.2) is 18.1 Å². The largest absolute Gasteiger partial charge is 0.490 e. The van der Waals surface area contributed by atoms with Crippen molar-refractivity contribution in [1.82, 2.24) is 5.32 Å². The van der Waals surface area contributed by atoms with Crippen LogP contribution in [0.5, 0.6) is 11.5 Å². The van der Waals surface area contributed by atoms with Gasteiger partial charge in [0, 0.05) is 12.1 Å². The molecule has 0 fully saturated rings. The van der Waals surface area contributed by atoms with Gasteiger partial charge >= 0.3 is 5.97 Å². The van der Waals surface area contributed by atoms with Gasteiger partial charge in [-0.3, -0.25) is 0 Å². The molecule has 1 aromatic rings. The quantitative estimate of drug-likeness (QED) is 0.709. The zero-order valence-corrected chi connectivity index (χ0v) is 13.3. The van der Waals surface area contributed by atoms with Gasteiger partial charge < -0.3 is 19.5 Å². The summed E-state index contributed by atoms with van der Waals surface area (Å²) in [4.78, 5) is 11.6. The zero-order chi connectivity index (χ0) is 15.7. The lowest BCUT2D eigenvalue weighted by Crippen LogP contribution is -2.20. The fourth-order valence-electron chi connectivity index (χ4n) is 1.82. The van der Waals surface area contributed by atoms with Crippen LogP contribution >= 0.6 is 0 Å². The molecule has 5 nitrogen and oxygen atoms in total. The molecule has 118 valence electrons. The van der Waals surface area contributed by atoms with E-state index in [9.17, 15) is 4.79 Å². The highest BCUT2D eigenvalue weighted by molar-refractivity contribution is 5.71. The van der Waals surface area contributed by atoms with E-state index < -0.39 is 0 Å². The summed E-state index contributed by atoms with van der Waals surface area (Å²) in [5.74, 6) is 0.858. The van der Waals surface area contributed by atoms with Crippen LogP contribution in [-0.4, -0.2) is 31.8 Å². The molecule has 0 aromatic heterocycles. The fourth-order valence-corrected chi connectivity index (χ4v) is 1.82. The van der Waals surface area contributed by atoms with Gasteiger partial charge in [0.1, 0.15) is 0 Å². The second kappa shape index (κ2) is 9.23. The Hall–Kier alpha value is -1.75. The number of nitrogens with one attached hydrogen (secondary N) is 1. The Kier molecular flexibility index (Phi) is 7.61. The van der Waals surface area contributed by atoms with Crippen LogP contribution in [0, 0.1) is 0 Å². The van der Waals surface area contributed by atoms with Crippen LogP contribution in [0.15, 0.2) is 18.2 Å². The number of carbonyl (C=O) groups excluding carboxylic acids is 1. The van der Waals surface area contributed by atoms with Crippen molar-refractivity contribution in [3.05, 3.63) is 23.8 Å². The number of rotatable bonds is 9. The zero-order valence-electron chi connectivity index (χ0n) is 13.3. The van der Waals surface area contributed by atoms with E-state index in [1.165, 1.54) is 0 Å². The summed E-state index contributed by atoms with van der Waals surface area (Å²) in [6.07, 6.45) is -0.149. The first kappa shape index (κ1) is 17.3. The Bertz CT molecular complexity index is 446. The van der Waals surface area contributed by atoms with Crippen molar-refractivity contribution in [2.45, 2.75) is 40.3 Å². The molecular weight excluding hydrogens is 270 g/mol. The summed E-state index contributed by atoms with van der Waals surface area (Å²) < 4.78 is 16.3. The molecule has 0 bridgehead atoms. The first-order valence-electron chi connectivity index (χ1n) is 7.36. The van der Waals surface area contributed by atoms with Gasteiger partial charge in [-0.2, -0.15) is 0 Å². The third kappa shape index (κ3) is 6.04. The molecule has 0 saturated carbocycles. The molecule has 1 N–H and O–H groups in total. The lowest BCUT2D eigenvalue weighted by atomic mass is 10.2. The minimum atomic E-state index is -0.384. The van der Waals surface area contributed by atoms with Crippen LogP contribution in [0.2, 0.25) is 0 Å². The van der Waals surface area contributed by atoms with Crippen molar-refractivity contribution in [2.75, 3.05) is 19.8 Å². The minimum absolute atomic E-state index is 0.124. The maximum Gasteiger partial charge on any atom is 0.344 e. The van der Waals surface area contributed by atoms with Crippen LogP contribution in [0.3, 0.4) is 0 Å². The van der Waals surface area contributed by atoms with Crippen molar-refractivity contribution < 1.29 is 19.0 Å². The van der Waals surface area contributed by atoms with Gasteiger partial charge in [-0.05, 0) is 33.4 Å². The molecule has 0 aliphatic rings. The molecule has 1 rings (SSSR count). The van der Waals surface area contributed by atoms with Gasteiger partial charge in [-0.15, -0.1) is 0 Å². The van der Waals surface area contributed by atoms with Crippen molar-refractivity contribution in [3.8, 4) is 11.5 Å². The monoisotopic (exact) mass is 295 g/mol.